The van der Waals surface area contributed by atoms with Crippen LogP contribution in [-0.2, 0) is 4.74 Å². The first-order valence-electron chi connectivity index (χ1n) is 5.55. The number of hydrogen-bond donors (Lipinski definition) is 1. The minimum Gasteiger partial charge on any atom is -0.389 e. The summed E-state index contributed by atoms with van der Waals surface area (Å²) in [6, 6.07) is 0. The second-order valence-corrected chi connectivity index (χ2v) is 4.79. The van der Waals surface area contributed by atoms with E-state index >= 15 is 0 Å². The molecule has 0 radical (unpaired) electrons. The molecule has 0 aliphatic heterocycles. The zero-order chi connectivity index (χ0) is 11.7. The predicted octanol–water partition coefficient (Wildman–Crippen LogP) is 1.74. The van der Waals surface area contributed by atoms with Crippen molar-refractivity contribution in [2.24, 2.45) is 5.92 Å². The molecule has 0 aromatic rings. The monoisotopic (exact) mass is 281 g/mol. The van der Waals surface area contributed by atoms with Crippen molar-refractivity contribution in [1.29, 1.82) is 0 Å². The number of likely N-dealkylation sites (N-methyl/N-ethyl adjacent to an activating group) is 1. The third-order valence-corrected chi connectivity index (χ3v) is 3.28. The molecule has 92 valence electrons. The van der Waals surface area contributed by atoms with Gasteiger partial charge in [-0.1, -0.05) is 29.3 Å². The summed E-state index contributed by atoms with van der Waals surface area (Å²) in [5.41, 5.74) is 0. The minimum absolute atomic E-state index is 0.377. The number of aliphatic hydroxyl groups is 1. The van der Waals surface area contributed by atoms with E-state index in [0.29, 0.717) is 19.1 Å². The molecule has 0 fully saturated rings. The van der Waals surface area contributed by atoms with Crippen LogP contribution in [0.5, 0.6) is 0 Å². The van der Waals surface area contributed by atoms with Crippen LogP contribution in [-0.4, -0.2) is 55.3 Å². The standard InChI is InChI=1S/C11H24BrNO2/c1-4-5-10(6-12)7-13(2)8-11(14)9-15-3/h10-11,14H,4-9H2,1-3H3. The average Bonchev–Trinajstić information content (AvgIpc) is 2.17. The number of alkyl halides is 1. The van der Waals surface area contributed by atoms with Gasteiger partial charge < -0.3 is 14.7 Å². The Labute approximate surface area is 102 Å². The van der Waals surface area contributed by atoms with Gasteiger partial charge in [-0.25, -0.2) is 0 Å². The first kappa shape index (κ1) is 15.4. The molecule has 0 rings (SSSR count). The number of aliphatic hydroxyl groups excluding tert-OH is 1. The summed E-state index contributed by atoms with van der Waals surface area (Å²) in [6.45, 7) is 4.33. The van der Waals surface area contributed by atoms with Gasteiger partial charge in [-0.3, -0.25) is 0 Å². The van der Waals surface area contributed by atoms with Crippen LogP contribution in [0.1, 0.15) is 19.8 Å². The Balaban J connectivity index is 3.73. The highest BCUT2D eigenvalue weighted by Crippen LogP contribution is 2.11. The molecule has 0 aromatic carbocycles. The minimum atomic E-state index is -0.377. The summed E-state index contributed by atoms with van der Waals surface area (Å²) in [7, 11) is 3.66. The van der Waals surface area contributed by atoms with Gasteiger partial charge in [-0.2, -0.15) is 0 Å². The van der Waals surface area contributed by atoms with Gasteiger partial charge in [-0.05, 0) is 19.4 Å². The van der Waals surface area contributed by atoms with Crippen LogP contribution in [0.15, 0.2) is 0 Å². The van der Waals surface area contributed by atoms with Gasteiger partial charge in [0.25, 0.3) is 0 Å². The third-order valence-electron chi connectivity index (χ3n) is 2.37. The van der Waals surface area contributed by atoms with E-state index in [2.05, 4.69) is 27.8 Å². The largest absolute Gasteiger partial charge is 0.389 e. The smallest absolute Gasteiger partial charge is 0.0899 e. The second kappa shape index (κ2) is 9.58. The lowest BCUT2D eigenvalue weighted by atomic mass is 10.1. The van der Waals surface area contributed by atoms with Crippen molar-refractivity contribution in [2.45, 2.75) is 25.9 Å². The van der Waals surface area contributed by atoms with Crippen molar-refractivity contribution in [3.8, 4) is 0 Å². The maximum atomic E-state index is 9.56. The maximum absolute atomic E-state index is 9.56. The van der Waals surface area contributed by atoms with Crippen molar-refractivity contribution in [1.82, 2.24) is 4.90 Å². The van der Waals surface area contributed by atoms with Gasteiger partial charge in [-0.15, -0.1) is 0 Å². The predicted molar refractivity (Wildman–Crippen MR) is 67.6 cm³/mol. The van der Waals surface area contributed by atoms with Crippen LogP contribution in [0.3, 0.4) is 0 Å². The molecule has 2 atom stereocenters. The first-order valence-corrected chi connectivity index (χ1v) is 6.67. The van der Waals surface area contributed by atoms with Gasteiger partial charge in [0.05, 0.1) is 12.7 Å². The lowest BCUT2D eigenvalue weighted by Gasteiger charge is -2.24. The number of ether oxygens (including phenoxy) is 1. The fraction of sp³-hybridized carbons (Fsp3) is 1.00. The molecule has 0 aliphatic carbocycles. The summed E-state index contributed by atoms with van der Waals surface area (Å²) in [5, 5.41) is 10.6. The lowest BCUT2D eigenvalue weighted by molar-refractivity contribution is 0.0407. The van der Waals surface area contributed by atoms with Gasteiger partial charge in [0.15, 0.2) is 0 Å². The summed E-state index contributed by atoms with van der Waals surface area (Å²) in [5.74, 6) is 0.676. The Morgan fingerprint density at radius 1 is 1.40 bits per heavy atom. The van der Waals surface area contributed by atoms with Gasteiger partial charge >= 0.3 is 0 Å². The number of halogens is 1. The Kier molecular flexibility index (Phi) is 9.81. The van der Waals surface area contributed by atoms with Crippen LogP contribution in [0.25, 0.3) is 0 Å². The first-order chi connectivity index (χ1) is 7.13. The normalized spacial score (nSPS) is 15.6. The molecule has 0 spiro atoms. The molecule has 1 N–H and O–H groups in total. The Morgan fingerprint density at radius 2 is 2.07 bits per heavy atom. The number of nitrogens with zero attached hydrogens (tertiary/aromatic N) is 1. The molecule has 0 saturated heterocycles. The number of methoxy groups -OCH3 is 1. The zero-order valence-corrected chi connectivity index (χ0v) is 11.7. The van der Waals surface area contributed by atoms with E-state index in [1.807, 2.05) is 7.05 Å². The van der Waals surface area contributed by atoms with Crippen molar-refractivity contribution in [3.63, 3.8) is 0 Å². The molecule has 0 aromatic heterocycles. The quantitative estimate of drug-likeness (QED) is 0.654. The van der Waals surface area contributed by atoms with Crippen LogP contribution in [0.2, 0.25) is 0 Å². The van der Waals surface area contributed by atoms with Crippen LogP contribution < -0.4 is 0 Å². The number of rotatable bonds is 9. The van der Waals surface area contributed by atoms with Crippen LogP contribution in [0, 0.1) is 5.92 Å². The van der Waals surface area contributed by atoms with Crippen molar-refractivity contribution < 1.29 is 9.84 Å². The van der Waals surface area contributed by atoms with Crippen molar-refractivity contribution >= 4 is 15.9 Å². The molecule has 0 amide bonds. The van der Waals surface area contributed by atoms with E-state index in [1.165, 1.54) is 12.8 Å². The van der Waals surface area contributed by atoms with Gasteiger partial charge in [0, 0.05) is 25.5 Å². The van der Waals surface area contributed by atoms with E-state index in [1.54, 1.807) is 7.11 Å². The highest BCUT2D eigenvalue weighted by molar-refractivity contribution is 9.09. The molecule has 15 heavy (non-hydrogen) atoms. The Bertz CT molecular complexity index is 147. The molecule has 0 saturated carbocycles. The molecule has 2 unspecified atom stereocenters. The third kappa shape index (κ3) is 8.20. The summed E-state index contributed by atoms with van der Waals surface area (Å²) < 4.78 is 4.90. The fourth-order valence-corrected chi connectivity index (χ4v) is 2.27. The summed E-state index contributed by atoms with van der Waals surface area (Å²) in [6.07, 6.45) is 2.07. The molecule has 0 aliphatic rings. The SMILES string of the molecule is CCCC(CBr)CN(C)CC(O)COC. The van der Waals surface area contributed by atoms with E-state index < -0.39 is 0 Å². The van der Waals surface area contributed by atoms with Crippen LogP contribution in [0.4, 0.5) is 0 Å². The summed E-state index contributed by atoms with van der Waals surface area (Å²) in [4.78, 5) is 2.17. The van der Waals surface area contributed by atoms with E-state index in [9.17, 15) is 5.11 Å². The molecular formula is C11H24BrNO2. The fourth-order valence-electron chi connectivity index (χ4n) is 1.75. The molecule has 0 bridgehead atoms. The van der Waals surface area contributed by atoms with Gasteiger partial charge in [0.1, 0.15) is 0 Å². The maximum Gasteiger partial charge on any atom is 0.0899 e. The second-order valence-electron chi connectivity index (χ2n) is 4.14. The summed E-state index contributed by atoms with van der Waals surface area (Å²) >= 11 is 3.53. The molecule has 3 nitrogen and oxygen atoms in total. The van der Waals surface area contributed by atoms with E-state index in [-0.39, 0.29) is 6.10 Å². The van der Waals surface area contributed by atoms with Crippen molar-refractivity contribution in [2.75, 3.05) is 39.2 Å². The van der Waals surface area contributed by atoms with Crippen LogP contribution >= 0.6 is 15.9 Å². The Morgan fingerprint density at radius 3 is 2.53 bits per heavy atom. The molecule has 4 heteroatoms. The highest BCUT2D eigenvalue weighted by Gasteiger charge is 2.12. The van der Waals surface area contributed by atoms with E-state index in [0.717, 1.165) is 11.9 Å². The topological polar surface area (TPSA) is 32.7 Å². The van der Waals surface area contributed by atoms with Crippen molar-refractivity contribution in [3.05, 3.63) is 0 Å². The Hall–Kier alpha value is 0.360. The number of hydrogen-bond acceptors (Lipinski definition) is 3. The highest BCUT2D eigenvalue weighted by atomic mass is 79.9. The molecule has 0 heterocycles. The zero-order valence-electron chi connectivity index (χ0n) is 10.1. The molecular weight excluding hydrogens is 258 g/mol. The lowest BCUT2D eigenvalue weighted by Crippen LogP contribution is -2.35. The van der Waals surface area contributed by atoms with Gasteiger partial charge in [0.2, 0.25) is 0 Å². The van der Waals surface area contributed by atoms with E-state index in [4.69, 9.17) is 4.74 Å². The average molecular weight is 282 g/mol.